The molecule has 0 radical (unpaired) electrons. The average molecular weight is 392 g/mol. The minimum Gasteiger partial charge on any atom is -0.496 e. The molecule has 0 aliphatic carbocycles. The summed E-state index contributed by atoms with van der Waals surface area (Å²) in [5, 5.41) is 5.58. The lowest BCUT2D eigenvalue weighted by Crippen LogP contribution is -2.26. The average Bonchev–Trinajstić information content (AvgIpc) is 3.37. The van der Waals surface area contributed by atoms with Gasteiger partial charge >= 0.3 is 6.03 Å². The molecule has 3 amide bonds. The molecule has 0 saturated heterocycles. The number of rotatable bonds is 4. The summed E-state index contributed by atoms with van der Waals surface area (Å²) in [6.07, 6.45) is 3.76. The van der Waals surface area contributed by atoms with Crippen molar-refractivity contribution in [1.29, 1.82) is 0 Å². The van der Waals surface area contributed by atoms with Gasteiger partial charge in [0, 0.05) is 36.6 Å². The van der Waals surface area contributed by atoms with Gasteiger partial charge in [-0.25, -0.2) is 9.78 Å². The van der Waals surface area contributed by atoms with Gasteiger partial charge in [0.2, 0.25) is 5.91 Å². The Morgan fingerprint density at radius 2 is 1.90 bits per heavy atom. The zero-order valence-electron chi connectivity index (χ0n) is 16.1. The van der Waals surface area contributed by atoms with Crippen LogP contribution in [0.25, 0.3) is 11.3 Å². The number of urea groups is 1. The maximum absolute atomic E-state index is 12.4. The second kappa shape index (κ2) is 7.67. The Kier molecular flexibility index (Phi) is 4.90. The predicted molar refractivity (Wildman–Crippen MR) is 109 cm³/mol. The Balaban J connectivity index is 1.48. The number of aromatic nitrogens is 1. The lowest BCUT2D eigenvalue weighted by atomic mass is 10.1. The molecule has 1 aliphatic heterocycles. The summed E-state index contributed by atoms with van der Waals surface area (Å²) in [7, 11) is 1.55. The quantitative estimate of drug-likeness (QED) is 0.702. The highest BCUT2D eigenvalue weighted by Crippen LogP contribution is 2.33. The Morgan fingerprint density at radius 3 is 2.59 bits per heavy atom. The van der Waals surface area contributed by atoms with Crippen LogP contribution in [0.2, 0.25) is 0 Å². The van der Waals surface area contributed by atoms with E-state index in [1.165, 1.54) is 13.3 Å². The summed E-state index contributed by atoms with van der Waals surface area (Å²) in [6.45, 7) is 2.20. The highest BCUT2D eigenvalue weighted by Gasteiger charge is 2.22. The van der Waals surface area contributed by atoms with E-state index in [4.69, 9.17) is 9.15 Å². The van der Waals surface area contributed by atoms with Crippen molar-refractivity contribution in [3.63, 3.8) is 0 Å². The molecular formula is C21H20N4O4. The van der Waals surface area contributed by atoms with Gasteiger partial charge in [-0.05, 0) is 36.2 Å². The number of methoxy groups -OCH3 is 1. The minimum absolute atomic E-state index is 0.00991. The molecule has 1 aliphatic rings. The van der Waals surface area contributed by atoms with Crippen molar-refractivity contribution < 1.29 is 18.7 Å². The lowest BCUT2D eigenvalue weighted by molar-refractivity contribution is -0.116. The molecule has 148 valence electrons. The van der Waals surface area contributed by atoms with Crippen LogP contribution < -0.4 is 20.3 Å². The SMILES string of the molecule is COc1cc(NC(=O)Nc2ccc3c(c2)N(C(C)=O)CC3)ccc1-c1cnco1. The van der Waals surface area contributed by atoms with E-state index >= 15 is 0 Å². The second-order valence-electron chi connectivity index (χ2n) is 6.62. The number of hydrogen-bond donors (Lipinski definition) is 2. The Labute approximate surface area is 167 Å². The molecule has 0 unspecified atom stereocenters. The third kappa shape index (κ3) is 3.77. The summed E-state index contributed by atoms with van der Waals surface area (Å²) >= 11 is 0. The van der Waals surface area contributed by atoms with Crippen LogP contribution in [0.15, 0.2) is 53.4 Å². The third-order valence-electron chi connectivity index (χ3n) is 4.78. The van der Waals surface area contributed by atoms with E-state index in [0.717, 1.165) is 23.2 Å². The van der Waals surface area contributed by atoms with Gasteiger partial charge in [-0.1, -0.05) is 6.07 Å². The van der Waals surface area contributed by atoms with Gasteiger partial charge in [-0.2, -0.15) is 0 Å². The third-order valence-corrected chi connectivity index (χ3v) is 4.78. The number of ether oxygens (including phenoxy) is 1. The van der Waals surface area contributed by atoms with Gasteiger partial charge in [0.05, 0.1) is 18.9 Å². The fourth-order valence-electron chi connectivity index (χ4n) is 3.40. The number of carbonyl (C=O) groups is 2. The van der Waals surface area contributed by atoms with Crippen molar-refractivity contribution in [3.8, 4) is 17.1 Å². The summed E-state index contributed by atoms with van der Waals surface area (Å²) in [5.41, 5.74) is 3.85. The minimum atomic E-state index is -0.396. The van der Waals surface area contributed by atoms with Crippen LogP contribution in [-0.4, -0.2) is 30.6 Å². The number of fused-ring (bicyclic) bond motifs is 1. The highest BCUT2D eigenvalue weighted by molar-refractivity contribution is 6.01. The molecule has 2 heterocycles. The van der Waals surface area contributed by atoms with Gasteiger partial charge in [0.1, 0.15) is 5.75 Å². The number of hydrogen-bond acceptors (Lipinski definition) is 5. The smallest absolute Gasteiger partial charge is 0.323 e. The Morgan fingerprint density at radius 1 is 1.14 bits per heavy atom. The van der Waals surface area contributed by atoms with E-state index < -0.39 is 6.03 Å². The fraction of sp³-hybridized carbons (Fsp3) is 0.190. The van der Waals surface area contributed by atoms with Gasteiger partial charge in [0.15, 0.2) is 12.2 Å². The first kappa shape index (κ1) is 18.5. The second-order valence-corrected chi connectivity index (χ2v) is 6.62. The van der Waals surface area contributed by atoms with Crippen molar-refractivity contribution in [3.05, 3.63) is 54.6 Å². The van der Waals surface area contributed by atoms with Crippen molar-refractivity contribution in [2.24, 2.45) is 0 Å². The van der Waals surface area contributed by atoms with Crippen LogP contribution in [0, 0.1) is 0 Å². The van der Waals surface area contributed by atoms with E-state index in [1.807, 2.05) is 18.2 Å². The highest BCUT2D eigenvalue weighted by atomic mass is 16.5. The Bertz CT molecular complexity index is 1060. The van der Waals surface area contributed by atoms with Gasteiger partial charge in [-0.3, -0.25) is 4.79 Å². The maximum atomic E-state index is 12.4. The number of anilines is 3. The normalized spacial score (nSPS) is 12.4. The summed E-state index contributed by atoms with van der Waals surface area (Å²) in [6, 6.07) is 10.4. The number of nitrogens with one attached hydrogen (secondary N) is 2. The zero-order valence-corrected chi connectivity index (χ0v) is 16.1. The summed E-state index contributed by atoms with van der Waals surface area (Å²) in [5.74, 6) is 1.12. The van der Waals surface area contributed by atoms with Crippen LogP contribution in [0.4, 0.5) is 21.9 Å². The summed E-state index contributed by atoms with van der Waals surface area (Å²) < 4.78 is 10.7. The van der Waals surface area contributed by atoms with Gasteiger partial charge in [0.25, 0.3) is 0 Å². The molecule has 4 rings (SSSR count). The molecular weight excluding hydrogens is 372 g/mol. The number of benzene rings is 2. The molecule has 8 nitrogen and oxygen atoms in total. The predicted octanol–water partition coefficient (Wildman–Crippen LogP) is 3.90. The Hall–Kier alpha value is -3.81. The molecule has 2 N–H and O–H groups in total. The monoisotopic (exact) mass is 392 g/mol. The first-order valence-corrected chi connectivity index (χ1v) is 9.11. The summed E-state index contributed by atoms with van der Waals surface area (Å²) in [4.78, 5) is 29.8. The van der Waals surface area contributed by atoms with E-state index in [0.29, 0.717) is 29.4 Å². The number of nitrogens with zero attached hydrogens (tertiary/aromatic N) is 2. The molecule has 29 heavy (non-hydrogen) atoms. The van der Waals surface area contributed by atoms with Crippen LogP contribution in [0.1, 0.15) is 12.5 Å². The molecule has 0 bridgehead atoms. The lowest BCUT2D eigenvalue weighted by Gasteiger charge is -2.16. The topological polar surface area (TPSA) is 96.7 Å². The number of amides is 3. The largest absolute Gasteiger partial charge is 0.496 e. The molecule has 2 aromatic carbocycles. The van der Waals surface area contributed by atoms with E-state index in [2.05, 4.69) is 15.6 Å². The molecule has 8 heteroatoms. The maximum Gasteiger partial charge on any atom is 0.323 e. The molecule has 0 atom stereocenters. The van der Waals surface area contributed by atoms with Crippen molar-refractivity contribution in [2.75, 3.05) is 29.2 Å². The van der Waals surface area contributed by atoms with E-state index in [-0.39, 0.29) is 5.91 Å². The van der Waals surface area contributed by atoms with Gasteiger partial charge < -0.3 is 24.7 Å². The number of carbonyl (C=O) groups excluding carboxylic acids is 2. The molecule has 3 aromatic rings. The molecule has 0 saturated carbocycles. The van der Waals surface area contributed by atoms with Crippen LogP contribution >= 0.6 is 0 Å². The van der Waals surface area contributed by atoms with Crippen LogP contribution in [0.3, 0.4) is 0 Å². The van der Waals surface area contributed by atoms with Crippen molar-refractivity contribution in [2.45, 2.75) is 13.3 Å². The molecule has 1 aromatic heterocycles. The van der Waals surface area contributed by atoms with Crippen LogP contribution in [0.5, 0.6) is 5.75 Å². The van der Waals surface area contributed by atoms with Gasteiger partial charge in [-0.15, -0.1) is 0 Å². The zero-order chi connectivity index (χ0) is 20.4. The standard InChI is InChI=1S/C21H20N4O4/c1-13(26)25-8-7-14-3-4-15(9-18(14)25)23-21(27)24-16-5-6-17(19(10-16)28-2)20-11-22-12-29-20/h3-6,9-12H,7-8H2,1-2H3,(H2,23,24,27). The van der Waals surface area contributed by atoms with E-state index in [9.17, 15) is 9.59 Å². The molecule has 0 fully saturated rings. The van der Waals surface area contributed by atoms with Crippen LogP contribution in [-0.2, 0) is 11.2 Å². The van der Waals surface area contributed by atoms with Crippen molar-refractivity contribution in [1.82, 2.24) is 4.98 Å². The number of oxazole rings is 1. The molecule has 0 spiro atoms. The first-order valence-electron chi connectivity index (χ1n) is 9.11. The van der Waals surface area contributed by atoms with E-state index in [1.54, 1.807) is 36.4 Å². The fourth-order valence-corrected chi connectivity index (χ4v) is 3.40. The first-order chi connectivity index (χ1) is 14.0. The van der Waals surface area contributed by atoms with Crippen molar-refractivity contribution >= 4 is 29.0 Å².